The van der Waals surface area contributed by atoms with Gasteiger partial charge in [-0.25, -0.2) is 4.68 Å². The summed E-state index contributed by atoms with van der Waals surface area (Å²) in [5.41, 5.74) is 1.54. The molecule has 1 fully saturated rings. The third-order valence-corrected chi connectivity index (χ3v) is 5.72. The molecule has 1 amide bonds. The lowest BCUT2D eigenvalue weighted by Gasteiger charge is -2.21. The van der Waals surface area contributed by atoms with E-state index in [2.05, 4.69) is 27.1 Å². The first-order valence-electron chi connectivity index (χ1n) is 7.86. The van der Waals surface area contributed by atoms with E-state index in [0.29, 0.717) is 22.8 Å². The number of para-hydroxylation sites is 1. The molecule has 0 radical (unpaired) electrons. The van der Waals surface area contributed by atoms with Crippen LogP contribution < -0.4 is 0 Å². The number of carbonyl (C=O) groups is 1. The van der Waals surface area contributed by atoms with Crippen molar-refractivity contribution < 1.29 is 4.79 Å². The van der Waals surface area contributed by atoms with E-state index in [1.807, 2.05) is 46.7 Å². The summed E-state index contributed by atoms with van der Waals surface area (Å²) in [6.45, 7) is 0.671. The van der Waals surface area contributed by atoms with Gasteiger partial charge in [-0.1, -0.05) is 24.3 Å². The highest BCUT2D eigenvalue weighted by Crippen LogP contribution is 2.32. The van der Waals surface area contributed by atoms with Gasteiger partial charge >= 0.3 is 0 Å². The zero-order chi connectivity index (χ0) is 16.5. The van der Waals surface area contributed by atoms with Crippen LogP contribution in [0.3, 0.4) is 0 Å². The van der Waals surface area contributed by atoms with Crippen LogP contribution >= 0.6 is 27.3 Å². The van der Waals surface area contributed by atoms with Crippen LogP contribution in [0.4, 0.5) is 0 Å². The van der Waals surface area contributed by atoms with E-state index in [0.717, 1.165) is 18.5 Å². The maximum absolute atomic E-state index is 13.1. The number of amides is 1. The zero-order valence-electron chi connectivity index (χ0n) is 12.9. The van der Waals surface area contributed by atoms with Gasteiger partial charge in [-0.3, -0.25) is 4.79 Å². The molecule has 0 saturated heterocycles. The quantitative estimate of drug-likeness (QED) is 0.630. The molecule has 4 nitrogen and oxygen atoms in total. The Bertz CT molecular complexity index is 841. The molecule has 0 aliphatic heterocycles. The second-order valence-electron chi connectivity index (χ2n) is 5.84. The molecule has 0 spiro atoms. The van der Waals surface area contributed by atoms with Crippen molar-refractivity contribution in [2.24, 2.45) is 0 Å². The lowest BCUT2D eigenvalue weighted by Crippen LogP contribution is -2.32. The lowest BCUT2D eigenvalue weighted by atomic mass is 10.2. The van der Waals surface area contributed by atoms with Crippen molar-refractivity contribution >= 4 is 33.2 Å². The summed E-state index contributed by atoms with van der Waals surface area (Å²) in [5, 5.41) is 6.44. The molecule has 1 aromatic carbocycles. The van der Waals surface area contributed by atoms with E-state index in [1.54, 1.807) is 22.2 Å². The van der Waals surface area contributed by atoms with Gasteiger partial charge in [0.1, 0.15) is 4.60 Å². The van der Waals surface area contributed by atoms with E-state index in [4.69, 9.17) is 0 Å². The fourth-order valence-electron chi connectivity index (χ4n) is 2.70. The van der Waals surface area contributed by atoms with Crippen LogP contribution in [0, 0.1) is 0 Å². The van der Waals surface area contributed by atoms with Crippen LogP contribution in [0.5, 0.6) is 0 Å². The number of rotatable bonds is 5. The highest BCUT2D eigenvalue weighted by Gasteiger charge is 2.34. The minimum absolute atomic E-state index is 0.0416. The Labute approximate surface area is 152 Å². The number of aromatic nitrogens is 2. The lowest BCUT2D eigenvalue weighted by molar-refractivity contribution is 0.0730. The first-order valence-corrected chi connectivity index (χ1v) is 9.53. The van der Waals surface area contributed by atoms with Crippen molar-refractivity contribution in [3.63, 3.8) is 0 Å². The van der Waals surface area contributed by atoms with Crippen molar-refractivity contribution in [1.29, 1.82) is 0 Å². The molecule has 122 valence electrons. The van der Waals surface area contributed by atoms with Gasteiger partial charge in [0.25, 0.3) is 5.91 Å². The smallest absolute Gasteiger partial charge is 0.258 e. The van der Waals surface area contributed by atoms with Crippen molar-refractivity contribution in [3.05, 3.63) is 69.1 Å². The number of thiophene rings is 1. The topological polar surface area (TPSA) is 38.1 Å². The highest BCUT2D eigenvalue weighted by molar-refractivity contribution is 9.10. The third-order valence-electron chi connectivity index (χ3n) is 4.10. The normalized spacial score (nSPS) is 13.9. The Balaban J connectivity index is 1.62. The largest absolute Gasteiger partial charge is 0.330 e. The van der Waals surface area contributed by atoms with Crippen molar-refractivity contribution in [1.82, 2.24) is 14.7 Å². The van der Waals surface area contributed by atoms with Crippen LogP contribution in [0.1, 0.15) is 28.1 Å². The Morgan fingerprint density at radius 3 is 2.71 bits per heavy atom. The number of carbonyl (C=O) groups excluding carboxylic acids is 1. The second-order valence-corrected chi connectivity index (χ2v) is 7.62. The molecule has 0 bridgehead atoms. The summed E-state index contributed by atoms with van der Waals surface area (Å²) >= 11 is 5.25. The van der Waals surface area contributed by atoms with E-state index < -0.39 is 0 Å². The summed E-state index contributed by atoms with van der Waals surface area (Å²) in [6.07, 6.45) is 3.83. The first kappa shape index (κ1) is 15.6. The van der Waals surface area contributed by atoms with Gasteiger partial charge in [-0.15, -0.1) is 11.3 Å². The van der Waals surface area contributed by atoms with Gasteiger partial charge in [0.2, 0.25) is 0 Å². The van der Waals surface area contributed by atoms with E-state index in [-0.39, 0.29) is 5.91 Å². The average Bonchev–Trinajstić information content (AvgIpc) is 3.17. The monoisotopic (exact) mass is 401 g/mol. The molecule has 0 N–H and O–H groups in total. The van der Waals surface area contributed by atoms with Crippen LogP contribution in [-0.4, -0.2) is 26.6 Å². The molecule has 0 unspecified atom stereocenters. The fourth-order valence-corrected chi connectivity index (χ4v) is 3.98. The zero-order valence-corrected chi connectivity index (χ0v) is 15.3. The molecule has 1 aliphatic carbocycles. The van der Waals surface area contributed by atoms with Gasteiger partial charge in [0.05, 0.1) is 24.0 Å². The summed E-state index contributed by atoms with van der Waals surface area (Å²) in [7, 11) is 0. The first-order chi connectivity index (χ1) is 11.7. The Hall–Kier alpha value is -1.92. The van der Waals surface area contributed by atoms with Crippen LogP contribution in [0.15, 0.2) is 58.6 Å². The molecule has 6 heteroatoms. The predicted octanol–water partition coefficient (Wildman–Crippen LogP) is 4.50. The van der Waals surface area contributed by atoms with Crippen molar-refractivity contribution in [2.75, 3.05) is 0 Å². The predicted molar refractivity (Wildman–Crippen MR) is 98.5 cm³/mol. The Morgan fingerprint density at radius 1 is 1.25 bits per heavy atom. The van der Waals surface area contributed by atoms with E-state index >= 15 is 0 Å². The van der Waals surface area contributed by atoms with Crippen LogP contribution in [0.25, 0.3) is 5.69 Å². The van der Waals surface area contributed by atoms with Crippen LogP contribution in [0.2, 0.25) is 0 Å². The van der Waals surface area contributed by atoms with Gasteiger partial charge < -0.3 is 4.90 Å². The summed E-state index contributed by atoms with van der Waals surface area (Å²) in [5.74, 6) is 0.0416. The molecule has 3 aromatic rings. The number of benzene rings is 1. The SMILES string of the molecule is O=C(c1cnn(-c2ccccc2)c1Br)N(Cc1cccs1)C1CC1. The number of nitrogens with zero attached hydrogens (tertiary/aromatic N) is 3. The molecule has 1 aliphatic rings. The number of hydrogen-bond donors (Lipinski definition) is 0. The molecule has 2 aromatic heterocycles. The van der Waals surface area contributed by atoms with Crippen LogP contribution in [-0.2, 0) is 6.54 Å². The van der Waals surface area contributed by atoms with Gasteiger partial charge in [0, 0.05) is 10.9 Å². The molecule has 24 heavy (non-hydrogen) atoms. The summed E-state index contributed by atoms with van der Waals surface area (Å²) < 4.78 is 2.46. The molecule has 2 heterocycles. The third kappa shape index (κ3) is 3.03. The Morgan fingerprint density at radius 2 is 2.04 bits per heavy atom. The van der Waals surface area contributed by atoms with Crippen molar-refractivity contribution in [3.8, 4) is 5.69 Å². The molecular formula is C18H16BrN3OS. The van der Waals surface area contributed by atoms with E-state index in [9.17, 15) is 4.79 Å². The molecule has 1 saturated carbocycles. The number of hydrogen-bond acceptors (Lipinski definition) is 3. The summed E-state index contributed by atoms with van der Waals surface area (Å²) in [6, 6.07) is 14.3. The average molecular weight is 402 g/mol. The van der Waals surface area contributed by atoms with E-state index in [1.165, 1.54) is 4.88 Å². The minimum atomic E-state index is 0.0416. The van der Waals surface area contributed by atoms with Gasteiger partial charge in [-0.2, -0.15) is 5.10 Å². The highest BCUT2D eigenvalue weighted by atomic mass is 79.9. The van der Waals surface area contributed by atoms with Crippen molar-refractivity contribution in [2.45, 2.75) is 25.4 Å². The molecule has 0 atom stereocenters. The minimum Gasteiger partial charge on any atom is -0.330 e. The number of halogens is 1. The fraction of sp³-hybridized carbons (Fsp3) is 0.222. The maximum Gasteiger partial charge on any atom is 0.258 e. The second kappa shape index (κ2) is 6.53. The standard InChI is InChI=1S/C18H16BrN3OS/c19-17-16(11-20-22(17)14-5-2-1-3-6-14)18(23)21(13-8-9-13)12-15-7-4-10-24-15/h1-7,10-11,13H,8-9,12H2. The van der Waals surface area contributed by atoms with Gasteiger partial charge in [-0.05, 0) is 52.4 Å². The summed E-state index contributed by atoms with van der Waals surface area (Å²) in [4.78, 5) is 16.3. The molecule has 4 rings (SSSR count). The molecular weight excluding hydrogens is 386 g/mol. The maximum atomic E-state index is 13.1. The van der Waals surface area contributed by atoms with Gasteiger partial charge in [0.15, 0.2) is 0 Å². The Kier molecular flexibility index (Phi) is 4.24.